The third-order valence-corrected chi connectivity index (χ3v) is 3.64. The van der Waals surface area contributed by atoms with Crippen molar-refractivity contribution in [3.05, 3.63) is 53.6 Å². The van der Waals surface area contributed by atoms with Crippen LogP contribution in [0.5, 0.6) is 11.5 Å². The molecule has 0 bridgehead atoms. The van der Waals surface area contributed by atoms with Gasteiger partial charge in [-0.2, -0.15) is 0 Å². The van der Waals surface area contributed by atoms with Crippen LogP contribution >= 0.6 is 0 Å². The van der Waals surface area contributed by atoms with E-state index in [1.165, 1.54) is 0 Å². The zero-order valence-electron chi connectivity index (χ0n) is 14.1. The Morgan fingerprint density at radius 3 is 2.48 bits per heavy atom. The molecule has 0 saturated carbocycles. The minimum Gasteiger partial charge on any atom is -0.497 e. The molecule has 0 saturated heterocycles. The fourth-order valence-electron chi connectivity index (χ4n) is 2.49. The maximum atomic E-state index is 13.0. The van der Waals surface area contributed by atoms with Gasteiger partial charge in [-0.05, 0) is 43.2 Å². The number of anilines is 1. The maximum absolute atomic E-state index is 13.0. The first-order valence-electron chi connectivity index (χ1n) is 7.71. The summed E-state index contributed by atoms with van der Waals surface area (Å²) in [6.45, 7) is 4.73. The molecule has 2 aromatic carbocycles. The third-order valence-electron chi connectivity index (χ3n) is 3.64. The Bertz CT molecular complexity index is 682. The summed E-state index contributed by atoms with van der Waals surface area (Å²) in [4.78, 5) is 14.8. The van der Waals surface area contributed by atoms with Gasteiger partial charge in [0.2, 0.25) is 0 Å². The molecule has 0 N–H and O–H groups in total. The molecule has 0 aliphatic heterocycles. The quantitative estimate of drug-likeness (QED) is 0.807. The number of carbonyl (C=O) groups is 1. The van der Waals surface area contributed by atoms with Gasteiger partial charge in [-0.3, -0.25) is 4.79 Å². The van der Waals surface area contributed by atoms with Crippen molar-refractivity contribution in [3.63, 3.8) is 0 Å². The molecule has 122 valence electrons. The Morgan fingerprint density at radius 1 is 1.09 bits per heavy atom. The van der Waals surface area contributed by atoms with Crippen LogP contribution in [0.4, 0.5) is 5.69 Å². The Hall–Kier alpha value is -2.49. The van der Waals surface area contributed by atoms with Gasteiger partial charge in [0.25, 0.3) is 5.91 Å². The monoisotopic (exact) mass is 313 g/mol. The summed E-state index contributed by atoms with van der Waals surface area (Å²) in [5.74, 6) is 1.11. The molecule has 0 heterocycles. The number of carbonyl (C=O) groups excluding carboxylic acids is 1. The number of amides is 1. The number of benzene rings is 2. The molecule has 0 fully saturated rings. The number of ether oxygens (including phenoxy) is 2. The van der Waals surface area contributed by atoms with Crippen LogP contribution in [0.1, 0.15) is 29.3 Å². The summed E-state index contributed by atoms with van der Waals surface area (Å²) >= 11 is 0. The average molecular weight is 313 g/mol. The highest BCUT2D eigenvalue weighted by molar-refractivity contribution is 6.08. The van der Waals surface area contributed by atoms with Gasteiger partial charge < -0.3 is 14.4 Å². The highest BCUT2D eigenvalue weighted by Crippen LogP contribution is 2.28. The number of aryl methyl sites for hydroxylation is 1. The fourth-order valence-corrected chi connectivity index (χ4v) is 2.49. The number of nitrogens with zero attached hydrogens (tertiary/aromatic N) is 1. The van der Waals surface area contributed by atoms with Crippen LogP contribution in [0.2, 0.25) is 0 Å². The highest BCUT2D eigenvalue weighted by Gasteiger charge is 2.21. The van der Waals surface area contributed by atoms with E-state index in [1.54, 1.807) is 37.3 Å². The summed E-state index contributed by atoms with van der Waals surface area (Å²) in [6.07, 6.45) is 0.873. The van der Waals surface area contributed by atoms with Crippen LogP contribution in [-0.4, -0.2) is 26.7 Å². The van der Waals surface area contributed by atoms with Gasteiger partial charge in [0.15, 0.2) is 0 Å². The lowest BCUT2D eigenvalue weighted by Gasteiger charge is -2.24. The molecule has 0 aliphatic rings. The van der Waals surface area contributed by atoms with Crippen molar-refractivity contribution < 1.29 is 14.3 Å². The molecule has 0 aromatic heterocycles. The fraction of sp³-hybridized carbons (Fsp3) is 0.316. The number of methoxy groups -OCH3 is 2. The second kappa shape index (κ2) is 7.68. The van der Waals surface area contributed by atoms with Crippen LogP contribution in [0, 0.1) is 6.92 Å². The standard InChI is InChI=1S/C19H23NO3/c1-5-11-20(15-8-6-7-14(2)12-15)19(21)17-10-9-16(22-3)13-18(17)23-4/h6-10,12-13H,5,11H2,1-4H3. The van der Waals surface area contributed by atoms with Crippen LogP contribution in [0.3, 0.4) is 0 Å². The van der Waals surface area contributed by atoms with E-state index in [0.717, 1.165) is 17.7 Å². The Balaban J connectivity index is 2.42. The number of hydrogen-bond donors (Lipinski definition) is 0. The van der Waals surface area contributed by atoms with Gasteiger partial charge in [-0.15, -0.1) is 0 Å². The minimum atomic E-state index is -0.0723. The Labute approximate surface area is 137 Å². The Morgan fingerprint density at radius 2 is 1.87 bits per heavy atom. The number of rotatable bonds is 6. The van der Waals surface area contributed by atoms with Crippen LogP contribution < -0.4 is 14.4 Å². The van der Waals surface area contributed by atoms with Gasteiger partial charge in [0.05, 0.1) is 19.8 Å². The third kappa shape index (κ3) is 3.83. The summed E-state index contributed by atoms with van der Waals surface area (Å²) in [5.41, 5.74) is 2.55. The van der Waals surface area contributed by atoms with E-state index < -0.39 is 0 Å². The van der Waals surface area contributed by atoms with E-state index in [1.807, 2.05) is 31.2 Å². The molecule has 23 heavy (non-hydrogen) atoms. The summed E-state index contributed by atoms with van der Waals surface area (Å²) < 4.78 is 10.6. The molecule has 2 rings (SSSR count). The van der Waals surface area contributed by atoms with Crippen molar-refractivity contribution >= 4 is 11.6 Å². The second-order valence-electron chi connectivity index (χ2n) is 5.36. The first-order chi connectivity index (χ1) is 11.1. The first-order valence-corrected chi connectivity index (χ1v) is 7.71. The van der Waals surface area contributed by atoms with Crippen molar-refractivity contribution in [2.24, 2.45) is 0 Å². The van der Waals surface area contributed by atoms with E-state index >= 15 is 0 Å². The normalized spacial score (nSPS) is 10.3. The predicted molar refractivity (Wildman–Crippen MR) is 92.7 cm³/mol. The molecule has 0 aliphatic carbocycles. The lowest BCUT2D eigenvalue weighted by Crippen LogP contribution is -2.32. The van der Waals surface area contributed by atoms with Gasteiger partial charge in [-0.25, -0.2) is 0 Å². The van der Waals surface area contributed by atoms with Crippen LogP contribution in [0.15, 0.2) is 42.5 Å². The van der Waals surface area contributed by atoms with E-state index in [9.17, 15) is 4.79 Å². The van der Waals surface area contributed by atoms with Gasteiger partial charge in [-0.1, -0.05) is 19.1 Å². The summed E-state index contributed by atoms with van der Waals surface area (Å²) in [5, 5.41) is 0. The van der Waals surface area contributed by atoms with Crippen LogP contribution in [-0.2, 0) is 0 Å². The Kier molecular flexibility index (Phi) is 5.63. The van der Waals surface area contributed by atoms with Gasteiger partial charge in [0, 0.05) is 18.3 Å². The highest BCUT2D eigenvalue weighted by atomic mass is 16.5. The molecule has 0 spiro atoms. The molecular weight excluding hydrogens is 290 g/mol. The van der Waals surface area contributed by atoms with E-state index in [-0.39, 0.29) is 5.91 Å². The minimum absolute atomic E-state index is 0.0723. The molecule has 0 unspecified atom stereocenters. The maximum Gasteiger partial charge on any atom is 0.262 e. The van der Waals surface area contributed by atoms with Gasteiger partial charge in [0.1, 0.15) is 11.5 Å². The molecule has 2 aromatic rings. The van der Waals surface area contributed by atoms with Crippen molar-refractivity contribution in [3.8, 4) is 11.5 Å². The van der Waals surface area contributed by atoms with E-state index in [4.69, 9.17) is 9.47 Å². The number of hydrogen-bond acceptors (Lipinski definition) is 3. The summed E-state index contributed by atoms with van der Waals surface area (Å²) in [7, 11) is 3.15. The molecule has 0 atom stereocenters. The van der Waals surface area contributed by atoms with E-state index in [2.05, 4.69) is 6.92 Å². The molecule has 4 heteroatoms. The average Bonchev–Trinajstić information content (AvgIpc) is 2.58. The molecular formula is C19H23NO3. The lowest BCUT2D eigenvalue weighted by atomic mass is 10.1. The van der Waals surface area contributed by atoms with Crippen LogP contribution in [0.25, 0.3) is 0 Å². The molecule has 0 radical (unpaired) electrons. The SMILES string of the molecule is CCCN(C(=O)c1ccc(OC)cc1OC)c1cccc(C)c1. The van der Waals surface area contributed by atoms with Crippen molar-refractivity contribution in [1.82, 2.24) is 0 Å². The largest absolute Gasteiger partial charge is 0.497 e. The van der Waals surface area contributed by atoms with Gasteiger partial charge >= 0.3 is 0 Å². The zero-order chi connectivity index (χ0) is 16.8. The summed E-state index contributed by atoms with van der Waals surface area (Å²) in [6, 6.07) is 13.2. The van der Waals surface area contributed by atoms with E-state index in [0.29, 0.717) is 23.6 Å². The van der Waals surface area contributed by atoms with Crippen molar-refractivity contribution in [2.45, 2.75) is 20.3 Å². The molecule has 1 amide bonds. The lowest BCUT2D eigenvalue weighted by molar-refractivity contribution is 0.0984. The first kappa shape index (κ1) is 16.9. The zero-order valence-corrected chi connectivity index (χ0v) is 14.1. The molecule has 4 nitrogen and oxygen atoms in total. The van der Waals surface area contributed by atoms with Crippen molar-refractivity contribution in [2.75, 3.05) is 25.7 Å². The second-order valence-corrected chi connectivity index (χ2v) is 5.36. The smallest absolute Gasteiger partial charge is 0.262 e. The topological polar surface area (TPSA) is 38.8 Å². The van der Waals surface area contributed by atoms with Crippen molar-refractivity contribution in [1.29, 1.82) is 0 Å². The predicted octanol–water partition coefficient (Wildman–Crippen LogP) is 4.07.